The average Bonchev–Trinajstić information content (AvgIpc) is 3.24. The van der Waals surface area contributed by atoms with Crippen molar-refractivity contribution in [2.45, 2.75) is 6.42 Å². The Balaban J connectivity index is 1.74. The van der Waals surface area contributed by atoms with E-state index >= 15 is 0 Å². The number of aromatic nitrogens is 4. The number of imidazole rings is 1. The number of nitrogens with one attached hydrogen (secondary N) is 3. The molecular formula is C18H21N6O+. The molecule has 25 heavy (non-hydrogen) atoms. The summed E-state index contributed by atoms with van der Waals surface area (Å²) in [5.41, 5.74) is 4.13. The Kier molecular flexibility index (Phi) is 4.07. The van der Waals surface area contributed by atoms with E-state index in [-0.39, 0.29) is 0 Å². The Labute approximate surface area is 145 Å². The summed E-state index contributed by atoms with van der Waals surface area (Å²) in [7, 11) is 3.91. The topological polar surface area (TPSA) is 82.7 Å². The first-order valence-electron chi connectivity index (χ1n) is 8.39. The molecule has 0 bridgehead atoms. The summed E-state index contributed by atoms with van der Waals surface area (Å²) in [6.07, 6.45) is 3.01. The molecule has 0 unspecified atom stereocenters. The summed E-state index contributed by atoms with van der Waals surface area (Å²) in [6, 6.07) is 9.90. The molecular weight excluding hydrogens is 316 g/mol. The van der Waals surface area contributed by atoms with E-state index in [9.17, 15) is 0 Å². The van der Waals surface area contributed by atoms with Gasteiger partial charge in [-0.3, -0.25) is 0 Å². The van der Waals surface area contributed by atoms with Crippen molar-refractivity contribution in [3.63, 3.8) is 0 Å². The van der Waals surface area contributed by atoms with Crippen LogP contribution in [0.5, 0.6) is 0 Å². The Morgan fingerprint density at radius 3 is 2.80 bits per heavy atom. The van der Waals surface area contributed by atoms with Gasteiger partial charge >= 0.3 is 11.5 Å². The standard InChI is InChI=1S/C18H20N6O/c1-19-9-6-10-20-18-21-13-11-24(2)16-15(14(13)22-18)25-17(23-16)12-7-4-3-5-8-12/h3-5,7-8,11,19H,6,9-10H2,1-2H3,(H,20,21)/p+1. The second-order valence-corrected chi connectivity index (χ2v) is 6.01. The largest absolute Gasteiger partial charge is 0.408 e. The van der Waals surface area contributed by atoms with Gasteiger partial charge in [0.15, 0.2) is 0 Å². The molecule has 1 aromatic carbocycles. The number of H-pyrrole nitrogens is 1. The summed E-state index contributed by atoms with van der Waals surface area (Å²) < 4.78 is 8.01. The van der Waals surface area contributed by atoms with E-state index in [1.54, 1.807) is 0 Å². The molecule has 3 aromatic heterocycles. The number of aromatic amines is 1. The van der Waals surface area contributed by atoms with Crippen molar-refractivity contribution in [1.29, 1.82) is 0 Å². The van der Waals surface area contributed by atoms with Gasteiger partial charge in [-0.05, 0) is 32.1 Å². The third-order valence-corrected chi connectivity index (χ3v) is 4.13. The Hall–Kier alpha value is -2.93. The molecule has 0 aliphatic rings. The summed E-state index contributed by atoms with van der Waals surface area (Å²) in [5.74, 6) is 1.35. The van der Waals surface area contributed by atoms with Gasteiger partial charge in [0.05, 0.1) is 12.6 Å². The number of rotatable bonds is 6. The molecule has 3 N–H and O–H groups in total. The highest BCUT2D eigenvalue weighted by Gasteiger charge is 2.23. The van der Waals surface area contributed by atoms with Crippen LogP contribution in [0, 0.1) is 0 Å². The molecule has 0 radical (unpaired) electrons. The quantitative estimate of drug-likeness (QED) is 0.371. The highest BCUT2D eigenvalue weighted by Crippen LogP contribution is 2.27. The van der Waals surface area contributed by atoms with Crippen molar-refractivity contribution in [1.82, 2.24) is 20.3 Å². The minimum Gasteiger partial charge on any atom is -0.408 e. The van der Waals surface area contributed by atoms with Crippen LogP contribution in [0.15, 0.2) is 40.9 Å². The first kappa shape index (κ1) is 15.6. The molecule has 0 aliphatic heterocycles. The number of fused-ring (bicyclic) bond motifs is 3. The average molecular weight is 337 g/mol. The van der Waals surface area contributed by atoms with Crippen LogP contribution in [0.2, 0.25) is 0 Å². The van der Waals surface area contributed by atoms with Crippen molar-refractivity contribution in [3.05, 3.63) is 36.5 Å². The Bertz CT molecular complexity index is 1000. The monoisotopic (exact) mass is 337 g/mol. The summed E-state index contributed by atoms with van der Waals surface area (Å²) in [6.45, 7) is 1.82. The lowest BCUT2D eigenvalue weighted by Crippen LogP contribution is -2.28. The number of benzene rings is 1. The highest BCUT2D eigenvalue weighted by molar-refractivity contribution is 5.96. The van der Waals surface area contributed by atoms with Crippen molar-refractivity contribution in [2.24, 2.45) is 7.05 Å². The Morgan fingerprint density at radius 2 is 2.00 bits per heavy atom. The van der Waals surface area contributed by atoms with Gasteiger partial charge in [0, 0.05) is 11.5 Å². The van der Waals surface area contributed by atoms with Crippen LogP contribution in [-0.4, -0.2) is 35.1 Å². The smallest absolute Gasteiger partial charge is 0.372 e. The minimum atomic E-state index is 0.602. The van der Waals surface area contributed by atoms with E-state index in [2.05, 4.69) is 25.6 Å². The zero-order valence-electron chi connectivity index (χ0n) is 14.3. The van der Waals surface area contributed by atoms with E-state index in [1.807, 2.05) is 55.2 Å². The van der Waals surface area contributed by atoms with E-state index in [4.69, 9.17) is 4.42 Å². The van der Waals surface area contributed by atoms with E-state index in [0.717, 1.165) is 47.7 Å². The maximum absolute atomic E-state index is 6.05. The maximum atomic E-state index is 6.05. The second-order valence-electron chi connectivity index (χ2n) is 6.01. The van der Waals surface area contributed by atoms with Crippen molar-refractivity contribution in [2.75, 3.05) is 25.5 Å². The molecule has 0 amide bonds. The fourth-order valence-electron chi connectivity index (χ4n) is 2.87. The molecule has 128 valence electrons. The van der Waals surface area contributed by atoms with Gasteiger partial charge in [-0.2, -0.15) is 0 Å². The predicted octanol–water partition coefficient (Wildman–Crippen LogP) is 2.22. The van der Waals surface area contributed by atoms with Gasteiger partial charge in [-0.25, -0.2) is 9.55 Å². The van der Waals surface area contributed by atoms with Gasteiger partial charge in [0.25, 0.3) is 5.58 Å². The third kappa shape index (κ3) is 2.94. The molecule has 0 aliphatic carbocycles. The number of nitrogens with zero attached hydrogens (tertiary/aromatic N) is 3. The van der Waals surface area contributed by atoms with Crippen LogP contribution in [0.4, 0.5) is 5.95 Å². The molecule has 0 fully saturated rings. The molecule has 0 atom stereocenters. The van der Waals surface area contributed by atoms with Gasteiger partial charge in [-0.1, -0.05) is 18.2 Å². The molecule has 0 spiro atoms. The highest BCUT2D eigenvalue weighted by atomic mass is 16.3. The fourth-order valence-corrected chi connectivity index (χ4v) is 2.87. The molecule has 0 saturated carbocycles. The number of hydrogen-bond donors (Lipinski definition) is 3. The van der Waals surface area contributed by atoms with Crippen LogP contribution < -0.4 is 15.2 Å². The van der Waals surface area contributed by atoms with Gasteiger partial charge < -0.3 is 20.0 Å². The second kappa shape index (κ2) is 6.52. The third-order valence-electron chi connectivity index (χ3n) is 4.13. The SMILES string of the molecule is CNCCCNc1nc2c(c[n+](C)c3nc(-c4ccccc4)oc23)[nH]1. The number of hydrogen-bond acceptors (Lipinski definition) is 5. The van der Waals surface area contributed by atoms with Crippen LogP contribution in [0.1, 0.15) is 6.42 Å². The normalized spacial score (nSPS) is 11.4. The Morgan fingerprint density at radius 1 is 1.16 bits per heavy atom. The summed E-state index contributed by atoms with van der Waals surface area (Å²) in [4.78, 5) is 12.6. The molecule has 3 heterocycles. The van der Waals surface area contributed by atoms with E-state index in [1.165, 1.54) is 0 Å². The zero-order valence-corrected chi connectivity index (χ0v) is 14.3. The predicted molar refractivity (Wildman–Crippen MR) is 97.3 cm³/mol. The van der Waals surface area contributed by atoms with Crippen LogP contribution in [0.25, 0.3) is 33.7 Å². The van der Waals surface area contributed by atoms with E-state index < -0.39 is 0 Å². The van der Waals surface area contributed by atoms with Crippen molar-refractivity contribution in [3.8, 4) is 11.5 Å². The number of pyridine rings is 1. The molecule has 4 rings (SSSR count). The van der Waals surface area contributed by atoms with Crippen LogP contribution in [0.3, 0.4) is 0 Å². The first-order chi connectivity index (χ1) is 12.3. The van der Waals surface area contributed by atoms with Gasteiger partial charge in [0.2, 0.25) is 5.95 Å². The molecule has 4 aromatic rings. The summed E-state index contributed by atoms with van der Waals surface area (Å²) >= 11 is 0. The molecule has 0 saturated heterocycles. The zero-order chi connectivity index (χ0) is 17.2. The van der Waals surface area contributed by atoms with E-state index in [0.29, 0.717) is 11.5 Å². The van der Waals surface area contributed by atoms with Crippen LogP contribution in [-0.2, 0) is 7.05 Å². The van der Waals surface area contributed by atoms with Gasteiger partial charge in [0.1, 0.15) is 17.2 Å². The van der Waals surface area contributed by atoms with Gasteiger partial charge in [-0.15, -0.1) is 0 Å². The number of aryl methyl sites for hydroxylation is 1. The lowest BCUT2D eigenvalue weighted by atomic mass is 10.2. The number of oxazole rings is 1. The van der Waals surface area contributed by atoms with Crippen molar-refractivity contribution >= 4 is 28.2 Å². The maximum Gasteiger partial charge on any atom is 0.372 e. The fraction of sp³-hybridized carbons (Fsp3) is 0.278. The summed E-state index contributed by atoms with van der Waals surface area (Å²) in [5, 5.41) is 6.45. The number of anilines is 1. The minimum absolute atomic E-state index is 0.602. The first-order valence-corrected chi connectivity index (χ1v) is 8.39. The molecule has 7 heteroatoms. The molecule has 7 nitrogen and oxygen atoms in total. The van der Waals surface area contributed by atoms with Crippen molar-refractivity contribution < 1.29 is 8.98 Å². The lowest BCUT2D eigenvalue weighted by Gasteiger charge is -2.01. The lowest BCUT2D eigenvalue weighted by molar-refractivity contribution is -0.645. The van der Waals surface area contributed by atoms with Crippen LogP contribution >= 0.6 is 0 Å².